The van der Waals surface area contributed by atoms with Crippen molar-refractivity contribution >= 4 is 27.5 Å². The lowest BCUT2D eigenvalue weighted by atomic mass is 10.2. The first-order valence-corrected chi connectivity index (χ1v) is 10.2. The van der Waals surface area contributed by atoms with Crippen molar-refractivity contribution < 1.29 is 8.42 Å². The molecule has 0 aliphatic carbocycles. The summed E-state index contributed by atoms with van der Waals surface area (Å²) in [6.45, 7) is 5.25. The van der Waals surface area contributed by atoms with Crippen LogP contribution in [0.15, 0.2) is 24.3 Å². The number of nitrogens with one attached hydrogen (secondary N) is 1. The van der Waals surface area contributed by atoms with Crippen LogP contribution in [-0.2, 0) is 10.2 Å². The number of nitrogens with zero attached hydrogens (tertiary/aromatic N) is 3. The van der Waals surface area contributed by atoms with Crippen molar-refractivity contribution in [2.24, 2.45) is 0 Å². The molecule has 132 valence electrons. The van der Waals surface area contributed by atoms with Gasteiger partial charge in [0.2, 0.25) is 0 Å². The average Bonchev–Trinajstić information content (AvgIpc) is 3.18. The van der Waals surface area contributed by atoms with E-state index < -0.39 is 10.2 Å². The Labute approximate surface area is 148 Å². The molecule has 1 N–H and O–H groups in total. The van der Waals surface area contributed by atoms with E-state index in [9.17, 15) is 8.42 Å². The number of rotatable bonds is 3. The molecule has 8 heteroatoms. The van der Waals surface area contributed by atoms with Crippen LogP contribution in [0.4, 0.5) is 5.69 Å². The lowest BCUT2D eigenvalue weighted by Gasteiger charge is -2.42. The molecule has 1 aromatic carbocycles. The molecule has 1 aromatic rings. The highest BCUT2D eigenvalue weighted by Gasteiger charge is 2.47. The quantitative estimate of drug-likeness (QED) is 0.867. The van der Waals surface area contributed by atoms with Gasteiger partial charge in [-0.3, -0.25) is 0 Å². The predicted molar refractivity (Wildman–Crippen MR) is 95.7 cm³/mol. The van der Waals surface area contributed by atoms with Gasteiger partial charge in [-0.1, -0.05) is 17.7 Å². The summed E-state index contributed by atoms with van der Waals surface area (Å²) >= 11 is 6.08. The fourth-order valence-corrected chi connectivity index (χ4v) is 6.32. The van der Waals surface area contributed by atoms with Crippen LogP contribution in [0.5, 0.6) is 0 Å². The van der Waals surface area contributed by atoms with Crippen LogP contribution in [0.1, 0.15) is 13.3 Å². The molecule has 3 saturated heterocycles. The molecular weight excluding hydrogens is 348 g/mol. The Morgan fingerprint density at radius 3 is 2.67 bits per heavy atom. The number of hydrogen-bond acceptors (Lipinski definition) is 4. The standard InChI is InChI=1S/C16H23ClN4O2S/c1-12-10-19(15-4-2-3-13(17)7-15)5-6-20(12)24(22,23)21-11-14-8-16(21)9-18-14/h2-4,7,12,14,16,18H,5-6,8-11H2,1H3/t12?,14-,16-/m0/s1. The second-order valence-corrected chi connectivity index (χ2v) is 9.23. The second kappa shape index (κ2) is 6.14. The summed E-state index contributed by atoms with van der Waals surface area (Å²) in [6, 6.07) is 8.13. The van der Waals surface area contributed by atoms with E-state index in [0.29, 0.717) is 37.2 Å². The van der Waals surface area contributed by atoms with Gasteiger partial charge in [0.15, 0.2) is 0 Å². The normalized spacial score (nSPS) is 31.8. The Kier molecular flexibility index (Phi) is 4.25. The van der Waals surface area contributed by atoms with Gasteiger partial charge < -0.3 is 10.2 Å². The van der Waals surface area contributed by atoms with E-state index in [1.54, 1.807) is 8.61 Å². The van der Waals surface area contributed by atoms with Gasteiger partial charge in [-0.2, -0.15) is 17.0 Å². The topological polar surface area (TPSA) is 55.9 Å². The zero-order chi connectivity index (χ0) is 16.9. The number of anilines is 1. The summed E-state index contributed by atoms with van der Waals surface area (Å²) in [4.78, 5) is 2.21. The first-order chi connectivity index (χ1) is 11.4. The molecule has 24 heavy (non-hydrogen) atoms. The maximum absolute atomic E-state index is 13.1. The van der Waals surface area contributed by atoms with Gasteiger partial charge in [-0.15, -0.1) is 0 Å². The van der Waals surface area contributed by atoms with Gasteiger partial charge >= 0.3 is 0 Å². The van der Waals surface area contributed by atoms with E-state index in [2.05, 4.69) is 10.2 Å². The number of benzene rings is 1. The SMILES string of the molecule is CC1CN(c2cccc(Cl)c2)CCN1S(=O)(=O)N1C[C@@H]2C[C@H]1CN2. The Morgan fingerprint density at radius 1 is 1.21 bits per heavy atom. The van der Waals surface area contributed by atoms with E-state index in [1.165, 1.54) is 0 Å². The smallest absolute Gasteiger partial charge is 0.282 e. The monoisotopic (exact) mass is 370 g/mol. The summed E-state index contributed by atoms with van der Waals surface area (Å²) in [5.41, 5.74) is 1.05. The third-order valence-electron chi connectivity index (χ3n) is 5.34. The molecule has 3 aliphatic rings. The molecule has 2 bridgehead atoms. The highest BCUT2D eigenvalue weighted by molar-refractivity contribution is 7.86. The summed E-state index contributed by atoms with van der Waals surface area (Å²) in [5.74, 6) is 0. The van der Waals surface area contributed by atoms with Crippen LogP contribution < -0.4 is 10.2 Å². The summed E-state index contributed by atoms with van der Waals surface area (Å²) < 4.78 is 29.5. The maximum atomic E-state index is 13.1. The third kappa shape index (κ3) is 2.82. The van der Waals surface area contributed by atoms with Gasteiger partial charge in [0, 0.05) is 61.6 Å². The first kappa shape index (κ1) is 16.6. The predicted octanol–water partition coefficient (Wildman–Crippen LogP) is 1.14. The molecule has 4 rings (SSSR count). The van der Waals surface area contributed by atoms with Crippen LogP contribution in [0.25, 0.3) is 0 Å². The lowest BCUT2D eigenvalue weighted by Crippen LogP contribution is -2.59. The molecule has 3 heterocycles. The zero-order valence-electron chi connectivity index (χ0n) is 13.7. The molecule has 0 radical (unpaired) electrons. The van der Waals surface area contributed by atoms with Crippen molar-refractivity contribution in [3.63, 3.8) is 0 Å². The first-order valence-electron chi connectivity index (χ1n) is 8.47. The van der Waals surface area contributed by atoms with Gasteiger partial charge in [0.1, 0.15) is 0 Å². The second-order valence-electron chi connectivity index (χ2n) is 6.96. The number of fused-ring (bicyclic) bond motifs is 2. The van der Waals surface area contributed by atoms with Crippen molar-refractivity contribution in [1.82, 2.24) is 13.9 Å². The van der Waals surface area contributed by atoms with E-state index in [1.807, 2.05) is 31.2 Å². The van der Waals surface area contributed by atoms with Crippen LogP contribution in [0, 0.1) is 0 Å². The number of hydrogen-bond donors (Lipinski definition) is 1. The van der Waals surface area contributed by atoms with E-state index in [4.69, 9.17) is 11.6 Å². The molecule has 0 spiro atoms. The Bertz CT molecular complexity index is 729. The number of piperazine rings is 2. The fourth-order valence-electron chi connectivity index (χ4n) is 4.13. The minimum atomic E-state index is -3.38. The molecule has 3 fully saturated rings. The Hall–Kier alpha value is -0.860. The van der Waals surface area contributed by atoms with Gasteiger partial charge in [-0.05, 0) is 31.5 Å². The van der Waals surface area contributed by atoms with Gasteiger partial charge in [-0.25, -0.2) is 0 Å². The van der Waals surface area contributed by atoms with E-state index >= 15 is 0 Å². The van der Waals surface area contributed by atoms with E-state index in [0.717, 1.165) is 18.7 Å². The van der Waals surface area contributed by atoms with Gasteiger partial charge in [0.25, 0.3) is 10.2 Å². The highest BCUT2D eigenvalue weighted by atomic mass is 35.5. The molecule has 3 atom stereocenters. The largest absolute Gasteiger partial charge is 0.369 e. The summed E-state index contributed by atoms with van der Waals surface area (Å²) in [6.07, 6.45) is 0.941. The van der Waals surface area contributed by atoms with Crippen LogP contribution in [0.3, 0.4) is 0 Å². The van der Waals surface area contributed by atoms with Crippen molar-refractivity contribution in [3.05, 3.63) is 29.3 Å². The van der Waals surface area contributed by atoms with Crippen LogP contribution >= 0.6 is 11.6 Å². The molecular formula is C16H23ClN4O2S. The molecule has 0 aromatic heterocycles. The van der Waals surface area contributed by atoms with Crippen molar-refractivity contribution in [2.75, 3.05) is 37.6 Å². The average molecular weight is 371 g/mol. The molecule has 3 aliphatic heterocycles. The summed E-state index contributed by atoms with van der Waals surface area (Å²) in [7, 11) is -3.38. The molecule has 0 amide bonds. The maximum Gasteiger partial charge on any atom is 0.282 e. The van der Waals surface area contributed by atoms with Crippen molar-refractivity contribution in [2.45, 2.75) is 31.5 Å². The fraction of sp³-hybridized carbons (Fsp3) is 0.625. The van der Waals surface area contributed by atoms with Gasteiger partial charge in [0.05, 0.1) is 0 Å². The van der Waals surface area contributed by atoms with Crippen molar-refractivity contribution in [3.8, 4) is 0 Å². The minimum absolute atomic E-state index is 0.0604. The molecule has 0 saturated carbocycles. The Balaban J connectivity index is 1.49. The van der Waals surface area contributed by atoms with Crippen LogP contribution in [0.2, 0.25) is 5.02 Å². The molecule has 6 nitrogen and oxygen atoms in total. The van der Waals surface area contributed by atoms with Crippen LogP contribution in [-0.4, -0.2) is 67.9 Å². The molecule has 1 unspecified atom stereocenters. The Morgan fingerprint density at radius 2 is 2.04 bits per heavy atom. The van der Waals surface area contributed by atoms with E-state index in [-0.39, 0.29) is 12.1 Å². The highest BCUT2D eigenvalue weighted by Crippen LogP contribution is 2.30. The minimum Gasteiger partial charge on any atom is -0.369 e. The lowest BCUT2D eigenvalue weighted by molar-refractivity contribution is 0.258. The van der Waals surface area contributed by atoms with Crippen molar-refractivity contribution in [1.29, 1.82) is 0 Å². The number of halogens is 1. The third-order valence-corrected chi connectivity index (χ3v) is 7.75. The zero-order valence-corrected chi connectivity index (χ0v) is 15.3. The summed E-state index contributed by atoms with van der Waals surface area (Å²) in [5, 5.41) is 4.07.